The molecule has 0 aliphatic heterocycles. The molecule has 2 aromatic rings. The molecule has 0 atom stereocenters. The number of carbonyl (C=O) groups is 1. The minimum absolute atomic E-state index is 0.0323. The van der Waals surface area contributed by atoms with E-state index in [1.807, 2.05) is 24.3 Å². The van der Waals surface area contributed by atoms with Gasteiger partial charge in [-0.3, -0.25) is 4.79 Å². The minimum Gasteiger partial charge on any atom is -0.294 e. The zero-order chi connectivity index (χ0) is 13.1. The maximum Gasteiger partial charge on any atom is 0.167 e. The summed E-state index contributed by atoms with van der Waals surface area (Å²) in [5, 5.41) is -0.0323. The predicted octanol–water partition coefficient (Wildman–Crippen LogP) is 4.67. The van der Waals surface area contributed by atoms with Crippen LogP contribution in [-0.4, -0.2) is 5.78 Å². The highest BCUT2D eigenvalue weighted by molar-refractivity contribution is 9.10. The van der Waals surface area contributed by atoms with Crippen LogP contribution in [0.2, 0.25) is 5.02 Å². The molecule has 92 valence electrons. The fraction of sp³-hybridized carbons (Fsp3) is 0.0714. The van der Waals surface area contributed by atoms with Gasteiger partial charge in [0.05, 0.1) is 5.02 Å². The Morgan fingerprint density at radius 3 is 2.67 bits per heavy atom. The van der Waals surface area contributed by atoms with Gasteiger partial charge in [0.15, 0.2) is 5.78 Å². The zero-order valence-corrected chi connectivity index (χ0v) is 11.6. The number of ketones is 1. The molecule has 0 spiro atoms. The molecule has 0 unspecified atom stereocenters. The van der Waals surface area contributed by atoms with E-state index in [-0.39, 0.29) is 17.2 Å². The van der Waals surface area contributed by atoms with Gasteiger partial charge in [-0.05, 0) is 35.9 Å². The van der Waals surface area contributed by atoms with Crippen LogP contribution in [0.4, 0.5) is 4.39 Å². The lowest BCUT2D eigenvalue weighted by atomic mass is 10.0. The minimum atomic E-state index is -0.518. The third-order valence-corrected chi connectivity index (χ3v) is 3.28. The molecule has 4 heteroatoms. The van der Waals surface area contributed by atoms with Gasteiger partial charge in [-0.1, -0.05) is 39.7 Å². The van der Waals surface area contributed by atoms with E-state index in [0.29, 0.717) is 5.56 Å². The van der Waals surface area contributed by atoms with E-state index in [1.165, 1.54) is 18.2 Å². The largest absolute Gasteiger partial charge is 0.294 e. The summed E-state index contributed by atoms with van der Waals surface area (Å²) in [6.45, 7) is 0. The van der Waals surface area contributed by atoms with Gasteiger partial charge in [-0.2, -0.15) is 0 Å². The van der Waals surface area contributed by atoms with Crippen LogP contribution in [0.25, 0.3) is 0 Å². The topological polar surface area (TPSA) is 17.1 Å². The lowest BCUT2D eigenvalue weighted by Gasteiger charge is -2.03. The Kier molecular flexibility index (Phi) is 4.15. The van der Waals surface area contributed by atoms with Crippen molar-refractivity contribution in [1.82, 2.24) is 0 Å². The van der Waals surface area contributed by atoms with Crippen molar-refractivity contribution in [1.29, 1.82) is 0 Å². The first-order valence-electron chi connectivity index (χ1n) is 5.29. The highest BCUT2D eigenvalue weighted by atomic mass is 79.9. The second kappa shape index (κ2) is 5.63. The molecule has 0 aliphatic carbocycles. The van der Waals surface area contributed by atoms with Crippen LogP contribution >= 0.6 is 27.5 Å². The van der Waals surface area contributed by atoms with Crippen LogP contribution in [0, 0.1) is 5.82 Å². The Morgan fingerprint density at radius 2 is 2.00 bits per heavy atom. The Balaban J connectivity index is 2.19. The fourth-order valence-corrected chi connectivity index (χ4v) is 2.23. The highest BCUT2D eigenvalue weighted by Crippen LogP contribution is 2.18. The molecule has 0 saturated carbocycles. The number of Topliss-reactive ketones (excluding diaryl/α,β-unsaturated/α-hetero) is 1. The van der Waals surface area contributed by atoms with Gasteiger partial charge >= 0.3 is 0 Å². The van der Waals surface area contributed by atoms with Crippen molar-refractivity contribution < 1.29 is 9.18 Å². The van der Waals surface area contributed by atoms with Crippen molar-refractivity contribution in [3.05, 3.63) is 68.9 Å². The molecule has 0 N–H and O–H groups in total. The third-order valence-electron chi connectivity index (χ3n) is 2.50. The summed E-state index contributed by atoms with van der Waals surface area (Å²) in [5.74, 6) is -0.606. The van der Waals surface area contributed by atoms with Gasteiger partial charge in [-0.25, -0.2) is 4.39 Å². The zero-order valence-electron chi connectivity index (χ0n) is 9.29. The summed E-state index contributed by atoms with van der Waals surface area (Å²) >= 11 is 9.00. The molecule has 0 bridgehead atoms. The molecule has 0 radical (unpaired) electrons. The predicted molar refractivity (Wildman–Crippen MR) is 73.6 cm³/mol. The number of rotatable bonds is 3. The molecule has 1 nitrogen and oxygen atoms in total. The van der Waals surface area contributed by atoms with E-state index in [2.05, 4.69) is 15.9 Å². The van der Waals surface area contributed by atoms with Gasteiger partial charge in [0.2, 0.25) is 0 Å². The summed E-state index contributed by atoms with van der Waals surface area (Å²) in [7, 11) is 0. The molecule has 0 aromatic heterocycles. The molecular formula is C14H9BrClFO. The Hall–Kier alpha value is -1.19. The van der Waals surface area contributed by atoms with Crippen LogP contribution in [0.1, 0.15) is 15.9 Å². The van der Waals surface area contributed by atoms with Gasteiger partial charge < -0.3 is 0 Å². The quantitative estimate of drug-likeness (QED) is 0.749. The molecule has 0 heterocycles. The molecule has 0 aliphatic rings. The first-order valence-corrected chi connectivity index (χ1v) is 6.46. The second-order valence-electron chi connectivity index (χ2n) is 3.86. The van der Waals surface area contributed by atoms with Crippen molar-refractivity contribution in [2.24, 2.45) is 0 Å². The molecule has 0 saturated heterocycles. The van der Waals surface area contributed by atoms with Crippen LogP contribution in [-0.2, 0) is 6.42 Å². The van der Waals surface area contributed by atoms with Crippen LogP contribution in [0.3, 0.4) is 0 Å². The Morgan fingerprint density at radius 1 is 1.22 bits per heavy atom. The van der Waals surface area contributed by atoms with Gasteiger partial charge in [-0.15, -0.1) is 0 Å². The van der Waals surface area contributed by atoms with E-state index >= 15 is 0 Å². The third kappa shape index (κ3) is 3.18. The van der Waals surface area contributed by atoms with Crippen LogP contribution < -0.4 is 0 Å². The molecule has 2 rings (SSSR count). The van der Waals surface area contributed by atoms with E-state index in [1.54, 1.807) is 0 Å². The smallest absolute Gasteiger partial charge is 0.167 e. The van der Waals surface area contributed by atoms with E-state index in [9.17, 15) is 9.18 Å². The SMILES string of the molecule is O=C(Cc1cccc(Br)c1)c1ccc(F)c(Cl)c1. The van der Waals surface area contributed by atoms with E-state index < -0.39 is 5.82 Å². The maximum absolute atomic E-state index is 13.0. The summed E-state index contributed by atoms with van der Waals surface area (Å²) in [5.41, 5.74) is 1.32. The number of hydrogen-bond donors (Lipinski definition) is 0. The first-order chi connectivity index (χ1) is 8.56. The van der Waals surface area contributed by atoms with E-state index in [0.717, 1.165) is 10.0 Å². The van der Waals surface area contributed by atoms with Crippen molar-refractivity contribution >= 4 is 33.3 Å². The monoisotopic (exact) mass is 326 g/mol. The lowest BCUT2D eigenvalue weighted by molar-refractivity contribution is 0.0993. The van der Waals surface area contributed by atoms with Crippen molar-refractivity contribution in [2.45, 2.75) is 6.42 Å². The normalized spacial score (nSPS) is 10.4. The summed E-state index contributed by atoms with van der Waals surface area (Å²) in [6, 6.07) is 11.5. The Bertz CT molecular complexity index is 598. The van der Waals surface area contributed by atoms with Crippen LogP contribution in [0.5, 0.6) is 0 Å². The number of hydrogen-bond acceptors (Lipinski definition) is 1. The average molecular weight is 328 g/mol. The van der Waals surface area contributed by atoms with Crippen LogP contribution in [0.15, 0.2) is 46.9 Å². The first kappa shape index (κ1) is 13.2. The average Bonchev–Trinajstić information content (AvgIpc) is 2.32. The standard InChI is InChI=1S/C14H9BrClFO/c15-11-3-1-2-9(6-11)7-14(18)10-4-5-13(17)12(16)8-10/h1-6,8H,7H2. The van der Waals surface area contributed by atoms with Gasteiger partial charge in [0.25, 0.3) is 0 Å². The Labute approximate surface area is 118 Å². The molecular weight excluding hydrogens is 319 g/mol. The number of carbonyl (C=O) groups excluding carboxylic acids is 1. The summed E-state index contributed by atoms with van der Waals surface area (Å²) in [6.07, 6.45) is 0.265. The lowest BCUT2D eigenvalue weighted by Crippen LogP contribution is -2.03. The molecule has 0 fully saturated rings. The van der Waals surface area contributed by atoms with Crippen molar-refractivity contribution in [2.75, 3.05) is 0 Å². The van der Waals surface area contributed by atoms with Gasteiger partial charge in [0.1, 0.15) is 5.82 Å². The number of halogens is 3. The highest BCUT2D eigenvalue weighted by Gasteiger charge is 2.09. The summed E-state index contributed by atoms with van der Waals surface area (Å²) in [4.78, 5) is 12.0. The second-order valence-corrected chi connectivity index (χ2v) is 5.18. The molecule has 0 amide bonds. The molecule has 2 aromatic carbocycles. The maximum atomic E-state index is 13.0. The van der Waals surface area contributed by atoms with Crippen molar-refractivity contribution in [3.8, 4) is 0 Å². The van der Waals surface area contributed by atoms with Crippen molar-refractivity contribution in [3.63, 3.8) is 0 Å². The number of benzene rings is 2. The summed E-state index contributed by atoms with van der Waals surface area (Å²) < 4.78 is 13.9. The van der Waals surface area contributed by atoms with E-state index in [4.69, 9.17) is 11.6 Å². The molecule has 18 heavy (non-hydrogen) atoms. The fourth-order valence-electron chi connectivity index (χ4n) is 1.60. The van der Waals surface area contributed by atoms with Gasteiger partial charge in [0, 0.05) is 16.5 Å².